The second kappa shape index (κ2) is 7.28. The number of aromatic nitrogens is 3. The molecule has 9 nitrogen and oxygen atoms in total. The normalized spacial score (nSPS) is 15.3. The first-order valence-corrected chi connectivity index (χ1v) is 9.81. The van der Waals surface area contributed by atoms with Gasteiger partial charge in [-0.25, -0.2) is 9.97 Å². The monoisotopic (exact) mass is 400 g/mol. The molecule has 0 spiro atoms. The second-order valence-corrected chi connectivity index (χ2v) is 8.05. The number of thiophene rings is 1. The maximum absolute atomic E-state index is 12.4. The van der Waals surface area contributed by atoms with E-state index in [0.29, 0.717) is 49.8 Å². The number of piperazine rings is 1. The Balaban J connectivity index is 1.47. The van der Waals surface area contributed by atoms with Crippen LogP contribution in [-0.2, 0) is 6.54 Å². The minimum atomic E-state index is -0.399. The minimum Gasteiger partial charge on any atom is -0.348 e. The van der Waals surface area contributed by atoms with E-state index < -0.39 is 4.92 Å². The van der Waals surface area contributed by atoms with E-state index in [1.165, 1.54) is 6.07 Å². The highest BCUT2D eigenvalue weighted by atomic mass is 32.1. The highest BCUT2D eigenvalue weighted by molar-refractivity contribution is 7.18. The second-order valence-electron chi connectivity index (χ2n) is 6.84. The quantitative estimate of drug-likeness (QED) is 0.528. The summed E-state index contributed by atoms with van der Waals surface area (Å²) in [5.41, 5.74) is 0.922. The van der Waals surface area contributed by atoms with Gasteiger partial charge in [0.2, 0.25) is 5.82 Å². The van der Waals surface area contributed by atoms with Crippen molar-refractivity contribution in [2.24, 2.45) is 0 Å². The van der Waals surface area contributed by atoms with Crippen LogP contribution in [0.1, 0.15) is 16.3 Å². The first kappa shape index (κ1) is 18.5. The summed E-state index contributed by atoms with van der Waals surface area (Å²) < 4.78 is 0. The summed E-state index contributed by atoms with van der Waals surface area (Å²) >= 11 is 1.54. The maximum atomic E-state index is 12.4. The molecular formula is C18H20N6O3S. The highest BCUT2D eigenvalue weighted by Crippen LogP contribution is 2.27. The van der Waals surface area contributed by atoms with Crippen LogP contribution in [-0.4, -0.2) is 51.0 Å². The molecule has 1 aliphatic rings. The van der Waals surface area contributed by atoms with Gasteiger partial charge in [-0.2, -0.15) is 0 Å². The van der Waals surface area contributed by atoms with Crippen molar-refractivity contribution in [2.45, 2.75) is 20.4 Å². The van der Waals surface area contributed by atoms with Gasteiger partial charge in [-0.3, -0.25) is 19.8 Å². The molecular weight excluding hydrogens is 380 g/mol. The van der Waals surface area contributed by atoms with Crippen molar-refractivity contribution in [1.82, 2.24) is 19.9 Å². The largest absolute Gasteiger partial charge is 0.348 e. The lowest BCUT2D eigenvalue weighted by Crippen LogP contribution is -2.46. The first-order valence-electron chi connectivity index (χ1n) is 8.99. The summed E-state index contributed by atoms with van der Waals surface area (Å²) in [7, 11) is 0. The van der Waals surface area contributed by atoms with Crippen molar-refractivity contribution < 1.29 is 4.92 Å². The molecule has 0 radical (unpaired) electrons. The molecule has 0 aliphatic carbocycles. The number of anilines is 1. The average Bonchev–Trinajstić information content (AvgIpc) is 2.96. The molecule has 1 fully saturated rings. The smallest absolute Gasteiger partial charge is 0.311 e. The van der Waals surface area contributed by atoms with Gasteiger partial charge in [-0.05, 0) is 25.5 Å². The molecule has 0 saturated carbocycles. The van der Waals surface area contributed by atoms with Gasteiger partial charge in [0.05, 0.1) is 16.9 Å². The van der Waals surface area contributed by atoms with Crippen LogP contribution in [0.3, 0.4) is 0 Å². The summed E-state index contributed by atoms with van der Waals surface area (Å²) in [4.78, 5) is 41.0. The summed E-state index contributed by atoms with van der Waals surface area (Å²) in [6, 6.07) is 3.05. The van der Waals surface area contributed by atoms with Crippen LogP contribution >= 0.6 is 11.3 Å². The van der Waals surface area contributed by atoms with Crippen LogP contribution in [0.4, 0.5) is 11.5 Å². The Morgan fingerprint density at radius 1 is 1.29 bits per heavy atom. The fraction of sp³-hybridized carbons (Fsp3) is 0.389. The third-order valence-corrected chi connectivity index (χ3v) is 6.20. The van der Waals surface area contributed by atoms with Gasteiger partial charge >= 0.3 is 5.69 Å². The lowest BCUT2D eigenvalue weighted by Gasteiger charge is -2.34. The number of rotatable bonds is 4. The number of aromatic amines is 1. The average molecular weight is 400 g/mol. The molecule has 0 atom stereocenters. The third kappa shape index (κ3) is 3.36. The fourth-order valence-electron chi connectivity index (χ4n) is 3.48. The van der Waals surface area contributed by atoms with Crippen LogP contribution < -0.4 is 10.5 Å². The van der Waals surface area contributed by atoms with E-state index in [4.69, 9.17) is 0 Å². The van der Waals surface area contributed by atoms with Gasteiger partial charge < -0.3 is 9.88 Å². The Morgan fingerprint density at radius 3 is 2.75 bits per heavy atom. The van der Waals surface area contributed by atoms with Crippen LogP contribution in [0.15, 0.2) is 23.1 Å². The van der Waals surface area contributed by atoms with E-state index in [9.17, 15) is 14.9 Å². The van der Waals surface area contributed by atoms with E-state index >= 15 is 0 Å². The molecule has 0 bridgehead atoms. The number of nitrogens with one attached hydrogen (secondary N) is 1. The zero-order chi connectivity index (χ0) is 19.8. The Kier molecular flexibility index (Phi) is 4.82. The van der Waals surface area contributed by atoms with E-state index in [-0.39, 0.29) is 11.2 Å². The molecule has 0 unspecified atom stereocenters. The highest BCUT2D eigenvalue weighted by Gasteiger charge is 2.25. The van der Waals surface area contributed by atoms with Crippen molar-refractivity contribution >= 4 is 33.1 Å². The summed E-state index contributed by atoms with van der Waals surface area (Å²) in [5, 5.41) is 11.9. The molecule has 4 rings (SSSR count). The van der Waals surface area contributed by atoms with Gasteiger partial charge in [0.1, 0.15) is 10.7 Å². The topological polar surface area (TPSA) is 108 Å². The molecule has 0 aromatic carbocycles. The number of nitro groups is 1. The van der Waals surface area contributed by atoms with Gasteiger partial charge in [-0.1, -0.05) is 0 Å². The predicted octanol–water partition coefficient (Wildman–Crippen LogP) is 2.23. The van der Waals surface area contributed by atoms with Crippen LogP contribution in [0, 0.1) is 24.0 Å². The zero-order valence-corrected chi connectivity index (χ0v) is 16.5. The number of fused-ring (bicyclic) bond motifs is 1. The fourth-order valence-corrected chi connectivity index (χ4v) is 4.53. The van der Waals surface area contributed by atoms with Crippen molar-refractivity contribution in [3.05, 3.63) is 55.1 Å². The molecule has 10 heteroatoms. The molecule has 1 aliphatic heterocycles. The molecule has 3 aromatic heterocycles. The minimum absolute atomic E-state index is 0.0239. The SMILES string of the molecule is Cc1sc2nc(CN3CCN(c4ncccc4[N+](=O)[O-])CC3)[nH]c(=O)c2c1C. The Morgan fingerprint density at radius 2 is 2.04 bits per heavy atom. The molecule has 0 amide bonds. The molecule has 28 heavy (non-hydrogen) atoms. The van der Waals surface area contributed by atoms with Gasteiger partial charge in [0, 0.05) is 43.3 Å². The van der Waals surface area contributed by atoms with E-state index in [1.807, 2.05) is 18.7 Å². The third-order valence-electron chi connectivity index (χ3n) is 5.10. The first-order chi connectivity index (χ1) is 13.4. The Bertz CT molecular complexity index is 1100. The zero-order valence-electron chi connectivity index (χ0n) is 15.6. The number of H-pyrrole nitrogens is 1. The Labute approximate surface area is 164 Å². The molecule has 1 saturated heterocycles. The predicted molar refractivity (Wildman–Crippen MR) is 108 cm³/mol. The molecule has 146 valence electrons. The van der Waals surface area contributed by atoms with Crippen molar-refractivity contribution in [3.63, 3.8) is 0 Å². The summed E-state index contributed by atoms with van der Waals surface area (Å²) in [5.74, 6) is 1.06. The molecule has 1 N–H and O–H groups in total. The number of aryl methyl sites for hydroxylation is 2. The summed E-state index contributed by atoms with van der Waals surface area (Å²) in [6.45, 7) is 7.15. The van der Waals surface area contributed by atoms with Crippen LogP contribution in [0.25, 0.3) is 10.2 Å². The van der Waals surface area contributed by atoms with Gasteiger partial charge in [-0.15, -0.1) is 11.3 Å². The van der Waals surface area contributed by atoms with Crippen molar-refractivity contribution in [2.75, 3.05) is 31.1 Å². The van der Waals surface area contributed by atoms with Gasteiger partial charge in [0.25, 0.3) is 5.56 Å². The van der Waals surface area contributed by atoms with Crippen LogP contribution in [0.2, 0.25) is 0 Å². The maximum Gasteiger partial charge on any atom is 0.311 e. The van der Waals surface area contributed by atoms with E-state index in [1.54, 1.807) is 23.6 Å². The lowest BCUT2D eigenvalue weighted by atomic mass is 10.2. The standard InChI is InChI=1S/C18H20N6O3S/c1-11-12(2)28-18-15(11)17(25)20-14(21-18)10-22-6-8-23(9-7-22)16-13(24(26)27)4-3-5-19-16/h3-5H,6-10H2,1-2H3,(H,20,21,25). The Hall–Kier alpha value is -2.85. The van der Waals surface area contributed by atoms with Crippen molar-refractivity contribution in [1.29, 1.82) is 0 Å². The number of pyridine rings is 1. The number of nitrogens with zero attached hydrogens (tertiary/aromatic N) is 5. The van der Waals surface area contributed by atoms with Crippen LogP contribution in [0.5, 0.6) is 0 Å². The lowest BCUT2D eigenvalue weighted by molar-refractivity contribution is -0.384. The summed E-state index contributed by atoms with van der Waals surface area (Å²) in [6.07, 6.45) is 1.57. The van der Waals surface area contributed by atoms with E-state index in [2.05, 4.69) is 19.9 Å². The number of hydrogen-bond acceptors (Lipinski definition) is 8. The van der Waals surface area contributed by atoms with Gasteiger partial charge in [0.15, 0.2) is 0 Å². The van der Waals surface area contributed by atoms with E-state index in [0.717, 1.165) is 15.3 Å². The number of hydrogen-bond donors (Lipinski definition) is 1. The van der Waals surface area contributed by atoms with Crippen molar-refractivity contribution in [3.8, 4) is 0 Å². The molecule has 3 aromatic rings. The molecule has 4 heterocycles.